The summed E-state index contributed by atoms with van der Waals surface area (Å²) in [5.74, 6) is 0. The Hall–Kier alpha value is -1.00. The summed E-state index contributed by atoms with van der Waals surface area (Å²) < 4.78 is 25.4. The molecule has 0 bridgehead atoms. The predicted octanol–water partition coefficient (Wildman–Crippen LogP) is 3.11. The van der Waals surface area contributed by atoms with E-state index in [0.29, 0.717) is 12.6 Å². The fraction of sp³-hybridized carbons (Fsp3) is 0.571. The lowest BCUT2D eigenvalue weighted by Gasteiger charge is -2.40. The molecule has 1 aliphatic carbocycles. The first-order chi connectivity index (χ1) is 8.63. The van der Waals surface area contributed by atoms with Crippen LogP contribution in [0.2, 0.25) is 0 Å². The topological polar surface area (TPSA) is 29.3 Å². The fourth-order valence-corrected chi connectivity index (χ4v) is 2.49. The van der Waals surface area contributed by atoms with Crippen LogP contribution >= 0.6 is 0 Å². The molecule has 0 amide bonds. The number of hydrogen-bond donors (Lipinski definition) is 1. The van der Waals surface area contributed by atoms with Crippen LogP contribution in [0.15, 0.2) is 24.3 Å². The molecule has 1 fully saturated rings. The van der Waals surface area contributed by atoms with Crippen molar-refractivity contribution >= 4 is 0 Å². The van der Waals surface area contributed by atoms with Gasteiger partial charge in [0.05, 0.1) is 0 Å². The van der Waals surface area contributed by atoms with Crippen LogP contribution in [0.1, 0.15) is 42.9 Å². The minimum absolute atomic E-state index is 0.0361. The van der Waals surface area contributed by atoms with Gasteiger partial charge in [0.15, 0.2) is 0 Å². The Morgan fingerprint density at radius 1 is 1.33 bits per heavy atom. The fourth-order valence-electron chi connectivity index (χ4n) is 2.49. The molecule has 2 rings (SSSR count). The van der Waals surface area contributed by atoms with Crippen LogP contribution < -0.4 is 5.73 Å². The molecule has 0 saturated heterocycles. The summed E-state index contributed by atoms with van der Waals surface area (Å²) in [5.41, 5.74) is 6.79. The van der Waals surface area contributed by atoms with Gasteiger partial charge in [0.2, 0.25) is 0 Å². The molecule has 1 unspecified atom stereocenters. The maximum atomic E-state index is 12.7. The highest BCUT2D eigenvalue weighted by molar-refractivity contribution is 5.27. The van der Waals surface area contributed by atoms with Crippen LogP contribution in [-0.2, 0) is 0 Å². The van der Waals surface area contributed by atoms with Gasteiger partial charge in [-0.15, -0.1) is 0 Å². The molecule has 1 aromatic rings. The summed E-state index contributed by atoms with van der Waals surface area (Å²) in [7, 11) is 2.04. The first kappa shape index (κ1) is 13.4. The minimum atomic E-state index is -2.42. The van der Waals surface area contributed by atoms with E-state index in [1.807, 2.05) is 13.1 Å². The summed E-state index contributed by atoms with van der Waals surface area (Å²) in [6.07, 6.45) is 1.20. The van der Waals surface area contributed by atoms with Crippen molar-refractivity contribution in [1.29, 1.82) is 0 Å². The van der Waals surface area contributed by atoms with Crippen LogP contribution in [0.5, 0.6) is 0 Å². The van der Waals surface area contributed by atoms with Crippen molar-refractivity contribution in [2.75, 3.05) is 13.6 Å². The summed E-state index contributed by atoms with van der Waals surface area (Å²) in [4.78, 5) is 2.23. The third kappa shape index (κ3) is 2.70. The van der Waals surface area contributed by atoms with Crippen molar-refractivity contribution in [3.63, 3.8) is 0 Å². The second-order valence-electron chi connectivity index (χ2n) is 4.97. The largest absolute Gasteiger partial charge is 0.329 e. The molecule has 4 heteroatoms. The van der Waals surface area contributed by atoms with Gasteiger partial charge in [0, 0.05) is 24.2 Å². The Morgan fingerprint density at radius 2 is 2.00 bits per heavy atom. The van der Waals surface area contributed by atoms with E-state index in [-0.39, 0.29) is 11.6 Å². The smallest absolute Gasteiger partial charge is 0.263 e. The molecular formula is C14H20F2N2. The lowest BCUT2D eigenvalue weighted by molar-refractivity contribution is 0.113. The van der Waals surface area contributed by atoms with Gasteiger partial charge in [0.1, 0.15) is 0 Å². The molecule has 100 valence electrons. The lowest BCUT2D eigenvalue weighted by atomic mass is 9.89. The molecule has 0 aliphatic heterocycles. The number of rotatable bonds is 5. The summed E-state index contributed by atoms with van der Waals surface area (Å²) in [5, 5.41) is 0. The Morgan fingerprint density at radius 3 is 2.50 bits per heavy atom. The summed E-state index contributed by atoms with van der Waals surface area (Å²) in [6.45, 7) is 0.458. The molecule has 1 aliphatic rings. The number of nitrogens with two attached hydrogens (primary N) is 1. The highest BCUT2D eigenvalue weighted by atomic mass is 19.3. The van der Waals surface area contributed by atoms with Crippen LogP contribution in [0.3, 0.4) is 0 Å². The molecule has 2 nitrogen and oxygen atoms in total. The molecule has 18 heavy (non-hydrogen) atoms. The molecule has 0 heterocycles. The number of benzene rings is 1. The van der Waals surface area contributed by atoms with Crippen LogP contribution in [0.4, 0.5) is 8.78 Å². The second kappa shape index (κ2) is 5.76. The van der Waals surface area contributed by atoms with Crippen molar-refractivity contribution < 1.29 is 8.78 Å². The van der Waals surface area contributed by atoms with E-state index in [1.165, 1.54) is 25.3 Å². The highest BCUT2D eigenvalue weighted by Gasteiger charge is 2.28. The van der Waals surface area contributed by atoms with Crippen molar-refractivity contribution in [3.05, 3.63) is 35.4 Å². The molecule has 1 aromatic carbocycles. The van der Waals surface area contributed by atoms with E-state index >= 15 is 0 Å². The second-order valence-corrected chi connectivity index (χ2v) is 4.97. The number of hydrogen-bond acceptors (Lipinski definition) is 2. The Labute approximate surface area is 107 Å². The normalized spacial score (nSPS) is 18.1. The maximum Gasteiger partial charge on any atom is 0.263 e. The number of halogens is 2. The van der Waals surface area contributed by atoms with Crippen molar-refractivity contribution in [1.82, 2.24) is 4.90 Å². The standard InChI is InChI=1S/C14H20F2N2/c1-18(12-6-3-7-12)13(9-17)10-4-2-5-11(8-10)14(15)16/h2,4-5,8,12-14H,3,6-7,9,17H2,1H3. The van der Waals surface area contributed by atoms with Gasteiger partial charge < -0.3 is 5.73 Å². The maximum absolute atomic E-state index is 12.7. The van der Waals surface area contributed by atoms with E-state index in [1.54, 1.807) is 12.1 Å². The number of likely N-dealkylation sites (N-methyl/N-ethyl adjacent to an activating group) is 1. The van der Waals surface area contributed by atoms with E-state index in [2.05, 4.69) is 4.90 Å². The number of alkyl halides is 2. The third-order valence-corrected chi connectivity index (χ3v) is 3.91. The molecule has 0 spiro atoms. The van der Waals surface area contributed by atoms with Gasteiger partial charge >= 0.3 is 0 Å². The Kier molecular flexibility index (Phi) is 4.30. The first-order valence-electron chi connectivity index (χ1n) is 6.43. The average Bonchev–Trinajstić information content (AvgIpc) is 2.28. The van der Waals surface area contributed by atoms with Gasteiger partial charge in [-0.2, -0.15) is 0 Å². The van der Waals surface area contributed by atoms with E-state index in [9.17, 15) is 8.78 Å². The van der Waals surface area contributed by atoms with Crippen LogP contribution in [0.25, 0.3) is 0 Å². The lowest BCUT2D eigenvalue weighted by Crippen LogP contribution is -2.42. The van der Waals surface area contributed by atoms with E-state index in [4.69, 9.17) is 5.73 Å². The van der Waals surface area contributed by atoms with Gasteiger partial charge in [-0.1, -0.05) is 24.6 Å². The van der Waals surface area contributed by atoms with E-state index in [0.717, 1.165) is 5.56 Å². The van der Waals surface area contributed by atoms with Gasteiger partial charge in [-0.05, 0) is 31.5 Å². The van der Waals surface area contributed by atoms with Gasteiger partial charge in [-0.3, -0.25) is 4.90 Å². The highest BCUT2D eigenvalue weighted by Crippen LogP contribution is 2.31. The Balaban J connectivity index is 2.18. The molecule has 2 N–H and O–H groups in total. The quantitative estimate of drug-likeness (QED) is 0.874. The molecule has 1 saturated carbocycles. The Bertz CT molecular complexity index is 391. The van der Waals surface area contributed by atoms with Crippen LogP contribution in [0, 0.1) is 0 Å². The van der Waals surface area contributed by atoms with Crippen molar-refractivity contribution in [2.24, 2.45) is 5.73 Å². The minimum Gasteiger partial charge on any atom is -0.329 e. The van der Waals surface area contributed by atoms with E-state index < -0.39 is 6.43 Å². The molecule has 1 atom stereocenters. The predicted molar refractivity (Wildman–Crippen MR) is 68.6 cm³/mol. The van der Waals surface area contributed by atoms with Gasteiger partial charge in [0.25, 0.3) is 6.43 Å². The number of nitrogens with zero attached hydrogens (tertiary/aromatic N) is 1. The molecule has 0 radical (unpaired) electrons. The zero-order valence-corrected chi connectivity index (χ0v) is 10.7. The average molecular weight is 254 g/mol. The first-order valence-corrected chi connectivity index (χ1v) is 6.43. The van der Waals surface area contributed by atoms with Gasteiger partial charge in [-0.25, -0.2) is 8.78 Å². The van der Waals surface area contributed by atoms with Crippen molar-refractivity contribution in [3.8, 4) is 0 Å². The van der Waals surface area contributed by atoms with Crippen molar-refractivity contribution in [2.45, 2.75) is 37.8 Å². The molecular weight excluding hydrogens is 234 g/mol. The van der Waals surface area contributed by atoms with Crippen LogP contribution in [-0.4, -0.2) is 24.5 Å². The molecule has 0 aromatic heterocycles. The summed E-state index contributed by atoms with van der Waals surface area (Å²) >= 11 is 0. The third-order valence-electron chi connectivity index (χ3n) is 3.91. The monoisotopic (exact) mass is 254 g/mol. The zero-order valence-electron chi connectivity index (χ0n) is 10.7. The summed E-state index contributed by atoms with van der Waals surface area (Å²) in [6, 6.07) is 7.21. The SMILES string of the molecule is CN(C1CCC1)C(CN)c1cccc(C(F)F)c1. The zero-order chi connectivity index (χ0) is 13.1.